The van der Waals surface area contributed by atoms with Crippen LogP contribution in [0.2, 0.25) is 0 Å². The molecule has 30 heavy (non-hydrogen) atoms. The number of hydrogen-bond donors (Lipinski definition) is 2. The van der Waals surface area contributed by atoms with E-state index in [-0.39, 0.29) is 12.1 Å². The summed E-state index contributed by atoms with van der Waals surface area (Å²) in [6.07, 6.45) is 3.89. The molecule has 0 saturated carbocycles. The first-order valence-corrected chi connectivity index (χ1v) is 10.9. The van der Waals surface area contributed by atoms with Gasteiger partial charge in [-0.15, -0.1) is 0 Å². The first-order valence-electron chi connectivity index (χ1n) is 10.9. The van der Waals surface area contributed by atoms with Crippen LogP contribution in [-0.4, -0.2) is 38.2 Å². The highest BCUT2D eigenvalue weighted by atomic mass is 16.2. The normalized spacial score (nSPS) is 10.3. The minimum Gasteiger partial charge on any atom is -0.338 e. The first kappa shape index (κ1) is 23.3. The Morgan fingerprint density at radius 1 is 0.633 bits per heavy atom. The van der Waals surface area contributed by atoms with Crippen LogP contribution in [0.15, 0.2) is 60.7 Å². The van der Waals surface area contributed by atoms with Crippen molar-refractivity contribution in [3.8, 4) is 0 Å². The molecule has 2 rings (SSSR count). The molecule has 162 valence electrons. The highest BCUT2D eigenvalue weighted by Crippen LogP contribution is 2.13. The number of nitrogens with one attached hydrogen (secondary N) is 2. The second-order valence-electron chi connectivity index (χ2n) is 7.04. The topological polar surface area (TPSA) is 64.7 Å². The molecule has 0 unspecified atom stereocenters. The molecule has 0 radical (unpaired) electrons. The molecule has 0 atom stereocenters. The van der Waals surface area contributed by atoms with Crippen LogP contribution in [0.1, 0.15) is 39.5 Å². The standard InChI is InChI=1S/C24H34N4O2/c1-3-27(21-15-9-7-10-16-21)23(29)25-19-13-5-6-14-20-26-24(30)28(4-2)22-17-11-8-12-18-22/h7-12,15-18H,3-6,13-14,19-20H2,1-2H3,(H,25,29)(H,26,30). The van der Waals surface area contributed by atoms with Crippen LogP contribution in [0.3, 0.4) is 0 Å². The predicted octanol–water partition coefficient (Wildman–Crippen LogP) is 5.02. The summed E-state index contributed by atoms with van der Waals surface area (Å²) in [6.45, 7) is 6.52. The number of nitrogens with zero attached hydrogens (tertiary/aromatic N) is 2. The van der Waals surface area contributed by atoms with E-state index in [0.29, 0.717) is 26.2 Å². The van der Waals surface area contributed by atoms with Gasteiger partial charge in [-0.05, 0) is 51.0 Å². The van der Waals surface area contributed by atoms with Crippen LogP contribution >= 0.6 is 0 Å². The highest BCUT2D eigenvalue weighted by molar-refractivity contribution is 5.92. The predicted molar refractivity (Wildman–Crippen MR) is 124 cm³/mol. The molecule has 0 fully saturated rings. The van der Waals surface area contributed by atoms with Crippen LogP contribution in [-0.2, 0) is 0 Å². The molecule has 4 amide bonds. The zero-order chi connectivity index (χ0) is 21.6. The zero-order valence-corrected chi connectivity index (χ0v) is 18.1. The second-order valence-corrected chi connectivity index (χ2v) is 7.04. The van der Waals surface area contributed by atoms with Gasteiger partial charge in [-0.1, -0.05) is 49.2 Å². The van der Waals surface area contributed by atoms with Crippen molar-refractivity contribution in [3.63, 3.8) is 0 Å². The Morgan fingerprint density at radius 2 is 1.00 bits per heavy atom. The van der Waals surface area contributed by atoms with Gasteiger partial charge in [0.15, 0.2) is 0 Å². The monoisotopic (exact) mass is 410 g/mol. The number of benzene rings is 2. The summed E-state index contributed by atoms with van der Waals surface area (Å²) in [5.41, 5.74) is 1.81. The van der Waals surface area contributed by atoms with E-state index in [1.165, 1.54) is 0 Å². The van der Waals surface area contributed by atoms with Gasteiger partial charge in [0, 0.05) is 37.6 Å². The van der Waals surface area contributed by atoms with Crippen LogP contribution < -0.4 is 20.4 Å². The summed E-state index contributed by atoms with van der Waals surface area (Å²) in [7, 11) is 0. The molecule has 6 heteroatoms. The molecular formula is C24H34N4O2. The Balaban J connectivity index is 1.57. The Bertz CT molecular complexity index is 687. The molecule has 2 N–H and O–H groups in total. The third-order valence-corrected chi connectivity index (χ3v) is 4.91. The van der Waals surface area contributed by atoms with Crippen molar-refractivity contribution in [1.29, 1.82) is 0 Å². The van der Waals surface area contributed by atoms with Crippen LogP contribution in [0, 0.1) is 0 Å². The van der Waals surface area contributed by atoms with Crippen LogP contribution in [0.4, 0.5) is 21.0 Å². The number of unbranched alkanes of at least 4 members (excludes halogenated alkanes) is 3. The number of para-hydroxylation sites is 2. The van der Waals surface area contributed by atoms with Crippen molar-refractivity contribution in [3.05, 3.63) is 60.7 Å². The van der Waals surface area contributed by atoms with Crippen molar-refractivity contribution < 1.29 is 9.59 Å². The summed E-state index contributed by atoms with van der Waals surface area (Å²) in [5.74, 6) is 0. The second kappa shape index (κ2) is 13.2. The fourth-order valence-corrected chi connectivity index (χ4v) is 3.29. The molecule has 2 aromatic carbocycles. The third kappa shape index (κ3) is 7.43. The highest BCUT2D eigenvalue weighted by Gasteiger charge is 2.13. The lowest BCUT2D eigenvalue weighted by molar-refractivity contribution is 0.245. The van der Waals surface area contributed by atoms with E-state index in [1.54, 1.807) is 9.80 Å². The van der Waals surface area contributed by atoms with Crippen molar-refractivity contribution in [2.75, 3.05) is 36.0 Å². The van der Waals surface area contributed by atoms with Crippen molar-refractivity contribution in [1.82, 2.24) is 10.6 Å². The summed E-state index contributed by atoms with van der Waals surface area (Å²) in [4.78, 5) is 28.2. The average molecular weight is 411 g/mol. The van der Waals surface area contributed by atoms with Crippen molar-refractivity contribution in [2.24, 2.45) is 0 Å². The first-order chi connectivity index (χ1) is 14.7. The van der Waals surface area contributed by atoms with Gasteiger partial charge in [-0.3, -0.25) is 9.80 Å². The summed E-state index contributed by atoms with van der Waals surface area (Å²) in [5, 5.41) is 5.99. The van der Waals surface area contributed by atoms with E-state index in [9.17, 15) is 9.59 Å². The maximum Gasteiger partial charge on any atom is 0.321 e. The summed E-state index contributed by atoms with van der Waals surface area (Å²) in [6, 6.07) is 19.3. The Labute approximate surface area is 180 Å². The van der Waals surface area contributed by atoms with E-state index >= 15 is 0 Å². The van der Waals surface area contributed by atoms with E-state index in [1.807, 2.05) is 74.5 Å². The smallest absolute Gasteiger partial charge is 0.321 e. The van der Waals surface area contributed by atoms with Gasteiger partial charge in [-0.25, -0.2) is 9.59 Å². The molecular weight excluding hydrogens is 376 g/mol. The number of hydrogen-bond acceptors (Lipinski definition) is 2. The molecule has 0 spiro atoms. The van der Waals surface area contributed by atoms with Gasteiger partial charge < -0.3 is 10.6 Å². The molecule has 0 aliphatic rings. The van der Waals surface area contributed by atoms with E-state index in [4.69, 9.17) is 0 Å². The number of carbonyl (C=O) groups excluding carboxylic acids is 2. The lowest BCUT2D eigenvalue weighted by Crippen LogP contribution is -2.40. The Morgan fingerprint density at radius 3 is 1.33 bits per heavy atom. The molecule has 6 nitrogen and oxygen atoms in total. The largest absolute Gasteiger partial charge is 0.338 e. The lowest BCUT2D eigenvalue weighted by Gasteiger charge is -2.21. The van der Waals surface area contributed by atoms with Gasteiger partial charge >= 0.3 is 12.1 Å². The molecule has 0 heterocycles. The van der Waals surface area contributed by atoms with E-state index in [2.05, 4.69) is 10.6 Å². The number of carbonyl (C=O) groups is 2. The summed E-state index contributed by atoms with van der Waals surface area (Å²) < 4.78 is 0. The molecule has 0 saturated heterocycles. The lowest BCUT2D eigenvalue weighted by atomic mass is 10.2. The molecule has 0 bridgehead atoms. The maximum atomic E-state index is 12.4. The van der Waals surface area contributed by atoms with Gasteiger partial charge in [0.05, 0.1) is 0 Å². The van der Waals surface area contributed by atoms with E-state index in [0.717, 1.165) is 37.1 Å². The third-order valence-electron chi connectivity index (χ3n) is 4.91. The molecule has 2 aromatic rings. The van der Waals surface area contributed by atoms with Gasteiger partial charge in [-0.2, -0.15) is 0 Å². The molecule has 0 aliphatic carbocycles. The van der Waals surface area contributed by atoms with Crippen LogP contribution in [0.25, 0.3) is 0 Å². The Hall–Kier alpha value is -3.02. The number of amides is 4. The van der Waals surface area contributed by atoms with Crippen molar-refractivity contribution >= 4 is 23.4 Å². The number of rotatable bonds is 11. The summed E-state index contributed by atoms with van der Waals surface area (Å²) >= 11 is 0. The minimum absolute atomic E-state index is 0.0588. The van der Waals surface area contributed by atoms with Gasteiger partial charge in [0.2, 0.25) is 0 Å². The maximum absolute atomic E-state index is 12.4. The molecule has 0 aliphatic heterocycles. The van der Waals surface area contributed by atoms with Crippen LogP contribution in [0.5, 0.6) is 0 Å². The zero-order valence-electron chi connectivity index (χ0n) is 18.1. The number of urea groups is 2. The van der Waals surface area contributed by atoms with E-state index < -0.39 is 0 Å². The van der Waals surface area contributed by atoms with Gasteiger partial charge in [0.25, 0.3) is 0 Å². The Kier molecular flexibility index (Phi) is 10.3. The van der Waals surface area contributed by atoms with Gasteiger partial charge in [0.1, 0.15) is 0 Å². The minimum atomic E-state index is -0.0588. The fourth-order valence-electron chi connectivity index (χ4n) is 3.29. The number of anilines is 2. The average Bonchev–Trinajstić information content (AvgIpc) is 2.78. The SMILES string of the molecule is CCN(C(=O)NCCCCCCNC(=O)N(CC)c1ccccc1)c1ccccc1. The quantitative estimate of drug-likeness (QED) is 0.511. The fraction of sp³-hybridized carbons (Fsp3) is 0.417. The van der Waals surface area contributed by atoms with Crippen molar-refractivity contribution in [2.45, 2.75) is 39.5 Å². The molecule has 0 aromatic heterocycles.